The van der Waals surface area contributed by atoms with Crippen molar-refractivity contribution >= 4 is 11.6 Å². The highest BCUT2D eigenvalue weighted by molar-refractivity contribution is 6.29. The molecule has 0 spiro atoms. The number of nitrogens with zero attached hydrogens (tertiary/aromatic N) is 1. The van der Waals surface area contributed by atoms with Crippen molar-refractivity contribution < 1.29 is 9.50 Å². The molecule has 1 saturated carbocycles. The standard InChI is InChI=1S/C9H9ClFNO/c10-8-7(11)4-6(5-12-8)9(13)2-1-3-9/h4-5,13H,1-3H2. The van der Waals surface area contributed by atoms with Crippen LogP contribution in [0.4, 0.5) is 4.39 Å². The minimum Gasteiger partial charge on any atom is -0.385 e. The van der Waals surface area contributed by atoms with Gasteiger partial charge in [-0.3, -0.25) is 0 Å². The minimum absolute atomic E-state index is 0.147. The highest BCUT2D eigenvalue weighted by atomic mass is 35.5. The summed E-state index contributed by atoms with van der Waals surface area (Å²) in [5, 5.41) is 9.70. The molecule has 0 unspecified atom stereocenters. The van der Waals surface area contributed by atoms with E-state index in [9.17, 15) is 9.50 Å². The Morgan fingerprint density at radius 2 is 2.23 bits per heavy atom. The molecule has 70 valence electrons. The zero-order chi connectivity index (χ0) is 9.47. The second-order valence-electron chi connectivity index (χ2n) is 3.38. The molecule has 0 radical (unpaired) electrons. The van der Waals surface area contributed by atoms with Gasteiger partial charge in [0.15, 0.2) is 11.0 Å². The van der Waals surface area contributed by atoms with Crippen LogP contribution in [0, 0.1) is 5.82 Å². The van der Waals surface area contributed by atoms with Gasteiger partial charge in [0, 0.05) is 11.8 Å². The molecule has 1 aliphatic carbocycles. The van der Waals surface area contributed by atoms with Gasteiger partial charge in [-0.25, -0.2) is 9.37 Å². The maximum absolute atomic E-state index is 13.0. The smallest absolute Gasteiger partial charge is 0.164 e. The van der Waals surface area contributed by atoms with Crippen LogP contribution in [0.1, 0.15) is 24.8 Å². The summed E-state index contributed by atoms with van der Waals surface area (Å²) in [6.45, 7) is 0. The first-order valence-electron chi connectivity index (χ1n) is 4.16. The second kappa shape index (κ2) is 2.93. The van der Waals surface area contributed by atoms with Gasteiger partial charge >= 0.3 is 0 Å². The lowest BCUT2D eigenvalue weighted by molar-refractivity contribution is -0.0393. The predicted molar refractivity (Wildman–Crippen MR) is 47.0 cm³/mol. The average molecular weight is 202 g/mol. The first kappa shape index (κ1) is 8.91. The predicted octanol–water partition coefficient (Wildman–Crippen LogP) is 2.25. The number of hydrogen-bond donors (Lipinski definition) is 1. The third-order valence-corrected chi connectivity index (χ3v) is 2.79. The normalized spacial score (nSPS) is 19.6. The van der Waals surface area contributed by atoms with Crippen molar-refractivity contribution in [1.82, 2.24) is 4.98 Å². The van der Waals surface area contributed by atoms with E-state index >= 15 is 0 Å². The fraction of sp³-hybridized carbons (Fsp3) is 0.444. The largest absolute Gasteiger partial charge is 0.385 e. The molecule has 0 bridgehead atoms. The summed E-state index contributed by atoms with van der Waals surface area (Å²) in [6.07, 6.45) is 3.76. The van der Waals surface area contributed by atoms with Gasteiger partial charge in [0.1, 0.15) is 0 Å². The van der Waals surface area contributed by atoms with Gasteiger partial charge in [0.2, 0.25) is 0 Å². The summed E-state index contributed by atoms with van der Waals surface area (Å²) >= 11 is 5.42. The Bertz CT molecular complexity index is 338. The van der Waals surface area contributed by atoms with Crippen LogP contribution >= 0.6 is 11.6 Å². The van der Waals surface area contributed by atoms with Crippen molar-refractivity contribution in [3.05, 3.63) is 28.8 Å². The van der Waals surface area contributed by atoms with E-state index in [0.717, 1.165) is 6.42 Å². The third kappa shape index (κ3) is 1.42. The van der Waals surface area contributed by atoms with Crippen LogP contribution in [0.15, 0.2) is 12.3 Å². The van der Waals surface area contributed by atoms with Gasteiger partial charge in [-0.2, -0.15) is 0 Å². The van der Waals surface area contributed by atoms with Crippen molar-refractivity contribution in [1.29, 1.82) is 0 Å². The van der Waals surface area contributed by atoms with E-state index in [2.05, 4.69) is 4.98 Å². The summed E-state index contributed by atoms with van der Waals surface area (Å²) in [5.74, 6) is -0.570. The fourth-order valence-electron chi connectivity index (χ4n) is 1.48. The van der Waals surface area contributed by atoms with E-state index in [1.165, 1.54) is 12.3 Å². The number of rotatable bonds is 1. The first-order chi connectivity index (χ1) is 6.12. The molecule has 2 nitrogen and oxygen atoms in total. The summed E-state index contributed by atoms with van der Waals surface area (Å²) in [6, 6.07) is 1.26. The van der Waals surface area contributed by atoms with Crippen molar-refractivity contribution in [3.8, 4) is 0 Å². The molecule has 1 fully saturated rings. The van der Waals surface area contributed by atoms with Crippen molar-refractivity contribution in [2.75, 3.05) is 0 Å². The van der Waals surface area contributed by atoms with Gasteiger partial charge < -0.3 is 5.11 Å². The molecule has 0 aliphatic heterocycles. The number of aromatic nitrogens is 1. The topological polar surface area (TPSA) is 33.1 Å². The minimum atomic E-state index is -0.863. The van der Waals surface area contributed by atoms with E-state index in [-0.39, 0.29) is 5.15 Å². The van der Waals surface area contributed by atoms with Gasteiger partial charge in [-0.05, 0) is 25.3 Å². The molecule has 13 heavy (non-hydrogen) atoms. The molecular weight excluding hydrogens is 193 g/mol. The number of halogens is 2. The van der Waals surface area contributed by atoms with Gasteiger partial charge in [-0.1, -0.05) is 11.6 Å². The Kier molecular flexibility index (Phi) is 2.00. The van der Waals surface area contributed by atoms with Crippen LogP contribution in [-0.2, 0) is 5.60 Å². The molecule has 1 aromatic rings. The molecule has 1 heterocycles. The van der Waals surface area contributed by atoms with Crippen LogP contribution < -0.4 is 0 Å². The second-order valence-corrected chi connectivity index (χ2v) is 3.74. The summed E-state index contributed by atoms with van der Waals surface area (Å²) < 4.78 is 13.0. The van der Waals surface area contributed by atoms with Gasteiger partial charge in [0.05, 0.1) is 5.60 Å². The molecule has 0 amide bonds. The summed E-state index contributed by atoms with van der Waals surface area (Å²) in [4.78, 5) is 3.66. The van der Waals surface area contributed by atoms with Crippen LogP contribution in [0.3, 0.4) is 0 Å². The zero-order valence-corrected chi connectivity index (χ0v) is 7.68. The molecular formula is C9H9ClFNO. The van der Waals surface area contributed by atoms with E-state index < -0.39 is 11.4 Å². The van der Waals surface area contributed by atoms with E-state index in [1.807, 2.05) is 0 Å². The third-order valence-electron chi connectivity index (χ3n) is 2.51. The first-order valence-corrected chi connectivity index (χ1v) is 4.53. The Balaban J connectivity index is 2.36. The van der Waals surface area contributed by atoms with Crippen molar-refractivity contribution in [2.45, 2.75) is 24.9 Å². The Hall–Kier alpha value is -0.670. The van der Waals surface area contributed by atoms with Crippen LogP contribution in [0.2, 0.25) is 5.15 Å². The molecule has 1 aliphatic rings. The number of pyridine rings is 1. The van der Waals surface area contributed by atoms with Gasteiger partial charge in [0.25, 0.3) is 0 Å². The molecule has 1 aromatic heterocycles. The number of aliphatic hydroxyl groups is 1. The molecule has 0 aromatic carbocycles. The summed E-state index contributed by atoms with van der Waals surface area (Å²) in [7, 11) is 0. The van der Waals surface area contributed by atoms with Crippen LogP contribution in [-0.4, -0.2) is 10.1 Å². The average Bonchev–Trinajstić information content (AvgIpc) is 2.06. The Labute approximate surface area is 80.4 Å². The van der Waals surface area contributed by atoms with Crippen molar-refractivity contribution in [3.63, 3.8) is 0 Å². The van der Waals surface area contributed by atoms with E-state index in [1.54, 1.807) is 0 Å². The van der Waals surface area contributed by atoms with E-state index in [4.69, 9.17) is 11.6 Å². The lowest BCUT2D eigenvalue weighted by Gasteiger charge is -2.36. The fourth-order valence-corrected chi connectivity index (χ4v) is 1.58. The highest BCUT2D eigenvalue weighted by Crippen LogP contribution is 2.41. The summed E-state index contributed by atoms with van der Waals surface area (Å²) in [5.41, 5.74) is -0.334. The molecule has 1 N–H and O–H groups in total. The van der Waals surface area contributed by atoms with Crippen LogP contribution in [0.5, 0.6) is 0 Å². The van der Waals surface area contributed by atoms with Crippen LogP contribution in [0.25, 0.3) is 0 Å². The highest BCUT2D eigenvalue weighted by Gasteiger charge is 2.36. The zero-order valence-electron chi connectivity index (χ0n) is 6.93. The lowest BCUT2D eigenvalue weighted by Crippen LogP contribution is -2.33. The monoisotopic (exact) mass is 201 g/mol. The maximum Gasteiger partial charge on any atom is 0.164 e. The van der Waals surface area contributed by atoms with Gasteiger partial charge in [-0.15, -0.1) is 0 Å². The maximum atomic E-state index is 13.0. The van der Waals surface area contributed by atoms with Crippen molar-refractivity contribution in [2.24, 2.45) is 0 Å². The molecule has 0 atom stereocenters. The molecule has 0 saturated heterocycles. The Morgan fingerprint density at radius 1 is 1.54 bits per heavy atom. The van der Waals surface area contributed by atoms with E-state index in [0.29, 0.717) is 18.4 Å². The lowest BCUT2D eigenvalue weighted by atomic mass is 9.76. The Morgan fingerprint density at radius 3 is 2.69 bits per heavy atom. The molecule has 4 heteroatoms. The number of hydrogen-bond acceptors (Lipinski definition) is 2. The SMILES string of the molecule is OC1(c2cnc(Cl)c(F)c2)CCC1. The quantitative estimate of drug-likeness (QED) is 0.707. The molecule has 2 rings (SSSR count).